The molecule has 1 saturated heterocycles. The lowest BCUT2D eigenvalue weighted by Crippen LogP contribution is -2.41. The van der Waals surface area contributed by atoms with Crippen molar-refractivity contribution < 1.29 is 19.1 Å². The quantitative estimate of drug-likeness (QED) is 0.513. The van der Waals surface area contributed by atoms with Gasteiger partial charge in [0.15, 0.2) is 5.17 Å². The number of methoxy groups -OCH3 is 1. The number of fused-ring (bicyclic) bond motifs is 1. The first-order valence-electron chi connectivity index (χ1n) is 10.3. The lowest BCUT2D eigenvalue weighted by Gasteiger charge is -2.33. The van der Waals surface area contributed by atoms with E-state index in [0.29, 0.717) is 28.6 Å². The number of rotatable bonds is 6. The summed E-state index contributed by atoms with van der Waals surface area (Å²) in [5.74, 6) is 0.182. The molecule has 8 heteroatoms. The summed E-state index contributed by atoms with van der Waals surface area (Å²) in [7, 11) is 1.60. The normalized spacial score (nSPS) is 20.2. The lowest BCUT2D eigenvalue weighted by atomic mass is 9.94. The van der Waals surface area contributed by atoms with E-state index in [-0.39, 0.29) is 17.8 Å². The van der Waals surface area contributed by atoms with Crippen LogP contribution in [0.5, 0.6) is 5.75 Å². The van der Waals surface area contributed by atoms with Gasteiger partial charge in [-0.1, -0.05) is 52.0 Å². The highest BCUT2D eigenvalue weighted by Crippen LogP contribution is 2.44. The minimum atomic E-state index is -0.595. The molecular weight excluding hydrogens is 492 g/mol. The maximum absolute atomic E-state index is 13.6. The highest BCUT2D eigenvalue weighted by Gasteiger charge is 2.47. The zero-order chi connectivity index (χ0) is 22.8. The number of hydrogen-bond acceptors (Lipinski definition) is 6. The second-order valence-electron chi connectivity index (χ2n) is 7.43. The van der Waals surface area contributed by atoms with Crippen molar-refractivity contribution >= 4 is 44.7 Å². The van der Waals surface area contributed by atoms with Gasteiger partial charge in [-0.05, 0) is 55.7 Å². The molecule has 32 heavy (non-hydrogen) atoms. The fraction of sp³-hybridized carbons (Fsp3) is 0.292. The highest BCUT2D eigenvalue weighted by molar-refractivity contribution is 9.10. The van der Waals surface area contributed by atoms with Crippen molar-refractivity contribution in [1.82, 2.24) is 4.90 Å². The van der Waals surface area contributed by atoms with Crippen molar-refractivity contribution in [2.75, 3.05) is 13.7 Å². The summed E-state index contributed by atoms with van der Waals surface area (Å²) < 4.78 is 11.6. The molecule has 0 aromatic heterocycles. The van der Waals surface area contributed by atoms with Crippen molar-refractivity contribution in [3.8, 4) is 5.75 Å². The summed E-state index contributed by atoms with van der Waals surface area (Å²) in [5, 5.41) is 0.300. The number of nitrogens with zero attached hydrogens (tertiary/aromatic N) is 2. The van der Waals surface area contributed by atoms with Gasteiger partial charge in [0.25, 0.3) is 0 Å². The van der Waals surface area contributed by atoms with Crippen molar-refractivity contribution in [2.45, 2.75) is 31.6 Å². The van der Waals surface area contributed by atoms with Crippen LogP contribution in [0.2, 0.25) is 0 Å². The molecular formula is C24H23BrN2O4S. The molecule has 2 aromatic rings. The Morgan fingerprint density at radius 1 is 1.16 bits per heavy atom. The Bertz CT molecular complexity index is 1100. The molecule has 0 aliphatic carbocycles. The van der Waals surface area contributed by atoms with Crippen LogP contribution in [0, 0.1) is 0 Å². The number of ether oxygens (including phenoxy) is 2. The third-order valence-electron chi connectivity index (χ3n) is 5.41. The van der Waals surface area contributed by atoms with Crippen molar-refractivity contribution in [3.05, 3.63) is 75.4 Å². The third kappa shape index (κ3) is 4.34. The van der Waals surface area contributed by atoms with Gasteiger partial charge >= 0.3 is 5.97 Å². The van der Waals surface area contributed by atoms with Crippen molar-refractivity contribution in [1.29, 1.82) is 0 Å². The van der Waals surface area contributed by atoms with Crippen LogP contribution in [0.4, 0.5) is 0 Å². The van der Waals surface area contributed by atoms with Crippen LogP contribution in [0.1, 0.15) is 31.0 Å². The number of allylic oxidation sites excluding steroid dienone is 1. The third-order valence-corrected chi connectivity index (χ3v) is 7.09. The van der Waals surface area contributed by atoms with E-state index in [9.17, 15) is 9.59 Å². The molecule has 4 rings (SSSR count). The van der Waals surface area contributed by atoms with Crippen LogP contribution in [0.15, 0.2) is 69.3 Å². The Kier molecular flexibility index (Phi) is 6.71. The number of hydrogen-bond donors (Lipinski definition) is 0. The fourth-order valence-corrected chi connectivity index (χ4v) is 5.37. The van der Waals surface area contributed by atoms with Crippen molar-refractivity contribution in [2.24, 2.45) is 4.99 Å². The van der Waals surface area contributed by atoms with Gasteiger partial charge in [-0.25, -0.2) is 9.79 Å². The molecule has 1 fully saturated rings. The molecule has 6 nitrogen and oxygen atoms in total. The Morgan fingerprint density at radius 3 is 2.47 bits per heavy atom. The van der Waals surface area contributed by atoms with Crippen LogP contribution in [-0.4, -0.2) is 40.9 Å². The minimum absolute atomic E-state index is 0.0632. The molecule has 0 N–H and O–H groups in total. The Labute approximate surface area is 199 Å². The second-order valence-corrected chi connectivity index (χ2v) is 9.52. The summed E-state index contributed by atoms with van der Waals surface area (Å²) in [4.78, 5) is 32.7. The molecule has 2 aromatic carbocycles. The van der Waals surface area contributed by atoms with Gasteiger partial charge in [-0.2, -0.15) is 0 Å². The number of carbonyl (C=O) groups excluding carboxylic acids is 2. The monoisotopic (exact) mass is 514 g/mol. The number of aliphatic imine (C=N–C) groups is 1. The average Bonchev–Trinajstić information content (AvgIpc) is 3.09. The van der Waals surface area contributed by atoms with Crippen LogP contribution < -0.4 is 4.74 Å². The highest BCUT2D eigenvalue weighted by atomic mass is 79.9. The number of halogens is 1. The van der Waals surface area contributed by atoms with Gasteiger partial charge in [-0.3, -0.25) is 9.69 Å². The van der Waals surface area contributed by atoms with E-state index in [0.717, 1.165) is 15.6 Å². The molecule has 0 saturated carbocycles. The summed E-state index contributed by atoms with van der Waals surface area (Å²) in [5.41, 5.74) is 2.83. The zero-order valence-electron chi connectivity index (χ0n) is 18.0. The largest absolute Gasteiger partial charge is 0.497 e. The summed E-state index contributed by atoms with van der Waals surface area (Å²) in [6, 6.07) is 14.7. The predicted molar refractivity (Wildman–Crippen MR) is 129 cm³/mol. The number of thioether (sulfide) groups is 1. The Morgan fingerprint density at radius 2 is 1.84 bits per heavy atom. The zero-order valence-corrected chi connectivity index (χ0v) is 20.4. The second kappa shape index (κ2) is 9.50. The number of amides is 1. The standard InChI is InChI=1S/C24H23BrN2O4S/c1-4-31-23(29)20-14(2)26-24-27(21(20)16-7-11-18(30-3)12-8-16)22(28)19(32-24)13-15-5-9-17(25)10-6-15/h5-12,19,21H,4,13H2,1-3H3/t19-,21+/m0/s1. The molecule has 0 unspecified atom stereocenters. The maximum Gasteiger partial charge on any atom is 0.338 e. The first kappa shape index (κ1) is 22.6. The van der Waals surface area contributed by atoms with Gasteiger partial charge in [0.1, 0.15) is 5.75 Å². The topological polar surface area (TPSA) is 68.2 Å². The van der Waals surface area contributed by atoms with Crippen LogP contribution in [0.3, 0.4) is 0 Å². The first-order valence-corrected chi connectivity index (χ1v) is 11.9. The average molecular weight is 515 g/mol. The molecule has 2 aliphatic heterocycles. The van der Waals surface area contributed by atoms with E-state index in [1.54, 1.807) is 25.9 Å². The van der Waals surface area contributed by atoms with E-state index in [2.05, 4.69) is 20.9 Å². The molecule has 0 radical (unpaired) electrons. The van der Waals surface area contributed by atoms with Crippen molar-refractivity contribution in [3.63, 3.8) is 0 Å². The van der Waals surface area contributed by atoms with E-state index >= 15 is 0 Å². The Balaban J connectivity index is 1.71. The van der Waals surface area contributed by atoms with E-state index < -0.39 is 12.0 Å². The van der Waals surface area contributed by atoms with Crippen LogP contribution in [-0.2, 0) is 20.7 Å². The van der Waals surface area contributed by atoms with Crippen LogP contribution in [0.25, 0.3) is 0 Å². The maximum atomic E-state index is 13.6. The van der Waals surface area contributed by atoms with Gasteiger partial charge < -0.3 is 9.47 Å². The molecule has 2 atom stereocenters. The molecule has 2 aliphatic rings. The molecule has 166 valence electrons. The fourth-order valence-electron chi connectivity index (χ4n) is 3.87. The Hall–Kier alpha value is -2.58. The number of benzene rings is 2. The minimum Gasteiger partial charge on any atom is -0.497 e. The number of esters is 1. The predicted octanol–water partition coefficient (Wildman–Crippen LogP) is 4.89. The van der Waals surface area contributed by atoms with Crippen LogP contribution >= 0.6 is 27.7 Å². The van der Waals surface area contributed by atoms with Gasteiger partial charge in [0, 0.05) is 4.47 Å². The molecule has 2 heterocycles. The lowest BCUT2D eigenvalue weighted by molar-refractivity contribution is -0.139. The molecule has 0 bridgehead atoms. The summed E-state index contributed by atoms with van der Waals surface area (Å²) in [6.45, 7) is 3.80. The SMILES string of the molecule is CCOC(=O)C1=C(C)N=C2S[C@@H](Cc3ccc(Br)cc3)C(=O)N2[C@@H]1c1ccc(OC)cc1. The van der Waals surface area contributed by atoms with Gasteiger partial charge in [0.05, 0.1) is 36.3 Å². The van der Waals surface area contributed by atoms with Gasteiger partial charge in [0.2, 0.25) is 5.91 Å². The smallest absolute Gasteiger partial charge is 0.338 e. The molecule has 1 amide bonds. The first-order chi connectivity index (χ1) is 15.4. The van der Waals surface area contributed by atoms with E-state index in [4.69, 9.17) is 9.47 Å². The van der Waals surface area contributed by atoms with E-state index in [1.165, 1.54) is 11.8 Å². The van der Waals surface area contributed by atoms with E-state index in [1.807, 2.05) is 48.5 Å². The summed E-state index contributed by atoms with van der Waals surface area (Å²) in [6.07, 6.45) is 0.579. The van der Waals surface area contributed by atoms with Gasteiger partial charge in [-0.15, -0.1) is 0 Å². The summed E-state index contributed by atoms with van der Waals surface area (Å²) >= 11 is 4.89. The molecule has 0 spiro atoms. The number of carbonyl (C=O) groups is 2. The number of amidine groups is 1.